The Bertz CT molecular complexity index is 1400. The van der Waals surface area contributed by atoms with E-state index in [4.69, 9.17) is 9.84 Å². The third-order valence-corrected chi connectivity index (χ3v) is 5.62. The zero-order valence-electron chi connectivity index (χ0n) is 17.5. The molecule has 1 heterocycles. The summed E-state index contributed by atoms with van der Waals surface area (Å²) in [5, 5.41) is 22.3. The van der Waals surface area contributed by atoms with Crippen LogP contribution in [0, 0.1) is 0 Å². The number of carbonyl (C=O) groups excluding carboxylic acids is 1. The number of nitrogens with one attached hydrogen (secondary N) is 2. The number of carboxylic acids is 1. The predicted molar refractivity (Wildman–Crippen MR) is 124 cm³/mol. The lowest BCUT2D eigenvalue weighted by Crippen LogP contribution is -2.18. The van der Waals surface area contributed by atoms with Crippen molar-refractivity contribution in [2.75, 3.05) is 6.61 Å². The first-order valence-corrected chi connectivity index (χ1v) is 10.5. The number of aromatic amines is 1. The molecule has 8 nitrogen and oxygen atoms in total. The molecule has 1 aliphatic carbocycles. The topological polar surface area (TPSA) is 117 Å². The Hall–Kier alpha value is -4.46. The van der Waals surface area contributed by atoms with E-state index in [1.807, 2.05) is 0 Å². The van der Waals surface area contributed by atoms with Crippen molar-refractivity contribution in [3.8, 4) is 17.0 Å². The Morgan fingerprint density at radius 2 is 1.91 bits per heavy atom. The third-order valence-electron chi connectivity index (χ3n) is 5.62. The summed E-state index contributed by atoms with van der Waals surface area (Å²) in [6.07, 6.45) is 3.50. The first kappa shape index (κ1) is 20.4. The molecule has 0 atom stereocenters. The van der Waals surface area contributed by atoms with Crippen molar-refractivity contribution in [3.63, 3.8) is 0 Å². The van der Waals surface area contributed by atoms with Crippen LogP contribution in [0.1, 0.15) is 27.2 Å². The average molecular weight is 440 g/mol. The number of carbonyl (C=O) groups is 2. The fourth-order valence-corrected chi connectivity index (χ4v) is 4.12. The summed E-state index contributed by atoms with van der Waals surface area (Å²) in [6.45, 7) is -0.467. The van der Waals surface area contributed by atoms with Crippen molar-refractivity contribution >= 4 is 28.9 Å². The quantitative estimate of drug-likeness (QED) is 0.300. The minimum Gasteiger partial charge on any atom is -0.481 e. The number of rotatable bonds is 7. The molecule has 3 N–H and O–H groups in total. The summed E-state index contributed by atoms with van der Waals surface area (Å²) in [6, 6.07) is 19.0. The van der Waals surface area contributed by atoms with Crippen molar-refractivity contribution in [3.05, 3.63) is 83.0 Å². The van der Waals surface area contributed by atoms with Gasteiger partial charge in [0.1, 0.15) is 11.4 Å². The second-order valence-corrected chi connectivity index (χ2v) is 7.70. The van der Waals surface area contributed by atoms with Gasteiger partial charge in [-0.3, -0.25) is 9.89 Å². The van der Waals surface area contributed by atoms with Gasteiger partial charge in [0.05, 0.1) is 11.9 Å². The largest absolute Gasteiger partial charge is 0.481 e. The summed E-state index contributed by atoms with van der Waals surface area (Å²) in [4.78, 5) is 23.3. The molecule has 5 rings (SSSR count). The number of hydrogen-bond donors (Lipinski definition) is 3. The van der Waals surface area contributed by atoms with Crippen molar-refractivity contribution < 1.29 is 19.4 Å². The van der Waals surface area contributed by atoms with Crippen LogP contribution in [0.5, 0.6) is 5.75 Å². The molecule has 164 valence electrons. The van der Waals surface area contributed by atoms with Crippen molar-refractivity contribution in [1.82, 2.24) is 15.6 Å². The van der Waals surface area contributed by atoms with Crippen LogP contribution >= 0.6 is 0 Å². The van der Waals surface area contributed by atoms with Crippen molar-refractivity contribution in [2.45, 2.75) is 12.8 Å². The maximum absolute atomic E-state index is 12.6. The van der Waals surface area contributed by atoms with E-state index in [9.17, 15) is 9.59 Å². The van der Waals surface area contributed by atoms with Gasteiger partial charge in [0.15, 0.2) is 6.61 Å². The maximum Gasteiger partial charge on any atom is 0.341 e. The second-order valence-electron chi connectivity index (χ2n) is 7.70. The number of aliphatic carboxylic acids is 1. The number of carboxylic acid groups (broad SMARTS) is 1. The molecule has 0 radical (unpaired) electrons. The van der Waals surface area contributed by atoms with Gasteiger partial charge in [-0.15, -0.1) is 0 Å². The normalized spacial score (nSPS) is 12.4. The first-order chi connectivity index (χ1) is 16.1. The van der Waals surface area contributed by atoms with Gasteiger partial charge in [0.2, 0.25) is 0 Å². The van der Waals surface area contributed by atoms with Crippen molar-refractivity contribution in [2.24, 2.45) is 5.10 Å². The van der Waals surface area contributed by atoms with Crippen LogP contribution < -0.4 is 10.2 Å². The number of ether oxygens (including phenoxy) is 1. The fourth-order valence-electron chi connectivity index (χ4n) is 4.12. The number of nitrogens with zero attached hydrogens (tertiary/aromatic N) is 2. The summed E-state index contributed by atoms with van der Waals surface area (Å²) in [7, 11) is 0. The Balaban J connectivity index is 1.33. The zero-order chi connectivity index (χ0) is 22.8. The Morgan fingerprint density at radius 3 is 2.76 bits per heavy atom. The van der Waals surface area contributed by atoms with Crippen LogP contribution in [0.3, 0.4) is 0 Å². The molecular weight excluding hydrogens is 420 g/mol. The Morgan fingerprint density at radius 1 is 1.09 bits per heavy atom. The highest BCUT2D eigenvalue weighted by atomic mass is 16.5. The highest BCUT2D eigenvalue weighted by Gasteiger charge is 2.18. The molecule has 1 amide bonds. The second kappa shape index (κ2) is 8.58. The van der Waals surface area contributed by atoms with Gasteiger partial charge in [-0.05, 0) is 52.9 Å². The number of para-hydroxylation sites is 1. The maximum atomic E-state index is 12.6. The van der Waals surface area contributed by atoms with E-state index >= 15 is 0 Å². The molecule has 0 spiro atoms. The lowest BCUT2D eigenvalue weighted by atomic mass is 9.98. The summed E-state index contributed by atoms with van der Waals surface area (Å²) in [5.41, 5.74) is 7.63. The number of aryl methyl sites for hydroxylation is 2. The molecule has 0 saturated carbocycles. The average Bonchev–Trinajstić information content (AvgIpc) is 3.48. The molecule has 1 aromatic heterocycles. The van der Waals surface area contributed by atoms with Crippen LogP contribution in [0.2, 0.25) is 0 Å². The molecule has 0 unspecified atom stereocenters. The van der Waals surface area contributed by atoms with Gasteiger partial charge in [-0.25, -0.2) is 10.2 Å². The standard InChI is InChI=1S/C25H20N4O4/c30-23(31)14-33-22-7-2-1-4-17(22)13-26-29-25(32)21-12-20(27-28-21)18-11-10-16-9-8-15-5-3-6-19(18)24(15)16/h1-7,10-13H,8-9,14H2,(H,27,28)(H,29,32)(H,30,31). The molecule has 1 aliphatic rings. The molecule has 0 fully saturated rings. The monoisotopic (exact) mass is 440 g/mol. The summed E-state index contributed by atoms with van der Waals surface area (Å²) in [5.74, 6) is -1.17. The number of benzene rings is 3. The highest BCUT2D eigenvalue weighted by molar-refractivity contribution is 6.02. The molecule has 33 heavy (non-hydrogen) atoms. The fraction of sp³-hybridized carbons (Fsp3) is 0.120. The van der Waals surface area contributed by atoms with Gasteiger partial charge in [0.25, 0.3) is 5.91 Å². The van der Waals surface area contributed by atoms with Crippen LogP contribution in [0.25, 0.3) is 22.0 Å². The van der Waals surface area contributed by atoms with E-state index in [1.165, 1.54) is 22.7 Å². The Labute approximate surface area is 188 Å². The summed E-state index contributed by atoms with van der Waals surface area (Å²) < 4.78 is 5.23. The van der Waals surface area contributed by atoms with E-state index in [0.717, 1.165) is 23.8 Å². The lowest BCUT2D eigenvalue weighted by Gasteiger charge is -2.06. The van der Waals surface area contributed by atoms with Crippen LogP contribution in [-0.2, 0) is 17.6 Å². The third kappa shape index (κ3) is 4.06. The van der Waals surface area contributed by atoms with E-state index in [0.29, 0.717) is 17.0 Å². The van der Waals surface area contributed by atoms with Crippen LogP contribution in [-0.4, -0.2) is 40.0 Å². The molecular formula is C25H20N4O4. The number of amides is 1. The molecule has 4 aromatic rings. The van der Waals surface area contributed by atoms with E-state index in [2.05, 4.69) is 51.1 Å². The highest BCUT2D eigenvalue weighted by Crippen LogP contribution is 2.36. The van der Waals surface area contributed by atoms with E-state index in [-0.39, 0.29) is 5.69 Å². The zero-order valence-corrected chi connectivity index (χ0v) is 17.5. The van der Waals surface area contributed by atoms with Gasteiger partial charge >= 0.3 is 5.97 Å². The van der Waals surface area contributed by atoms with Crippen molar-refractivity contribution in [1.29, 1.82) is 0 Å². The number of aromatic nitrogens is 2. The first-order valence-electron chi connectivity index (χ1n) is 10.5. The van der Waals surface area contributed by atoms with Gasteiger partial charge < -0.3 is 9.84 Å². The molecule has 0 bridgehead atoms. The smallest absolute Gasteiger partial charge is 0.341 e. The number of hydrazone groups is 1. The number of hydrogen-bond acceptors (Lipinski definition) is 5. The number of H-pyrrole nitrogens is 1. The molecule has 0 aliphatic heterocycles. The van der Waals surface area contributed by atoms with Crippen LogP contribution in [0.4, 0.5) is 0 Å². The van der Waals surface area contributed by atoms with E-state index in [1.54, 1.807) is 30.3 Å². The van der Waals surface area contributed by atoms with Crippen LogP contribution in [0.15, 0.2) is 65.8 Å². The van der Waals surface area contributed by atoms with Gasteiger partial charge in [-0.2, -0.15) is 10.2 Å². The Kier molecular flexibility index (Phi) is 5.32. The molecule has 0 saturated heterocycles. The predicted octanol–water partition coefficient (Wildman–Crippen LogP) is 3.56. The molecule has 3 aromatic carbocycles. The van der Waals surface area contributed by atoms with Gasteiger partial charge in [-0.1, -0.05) is 42.5 Å². The molecule has 8 heteroatoms. The van der Waals surface area contributed by atoms with Gasteiger partial charge in [0, 0.05) is 11.1 Å². The lowest BCUT2D eigenvalue weighted by molar-refractivity contribution is -0.139. The minimum atomic E-state index is -1.08. The summed E-state index contributed by atoms with van der Waals surface area (Å²) >= 11 is 0. The van der Waals surface area contributed by atoms with E-state index < -0.39 is 18.5 Å². The minimum absolute atomic E-state index is 0.279. The SMILES string of the molecule is O=C(O)COc1ccccc1C=NNC(=O)c1cc(-c2ccc3c4c(cccc24)CC3)n[nH]1.